The lowest BCUT2D eigenvalue weighted by molar-refractivity contribution is -0.435. The van der Waals surface area contributed by atoms with Crippen molar-refractivity contribution < 1.29 is 4.86 Å². The van der Waals surface area contributed by atoms with Crippen LogP contribution in [0.4, 0.5) is 11.4 Å². The number of hydrogen-bond acceptors (Lipinski definition) is 4. The van der Waals surface area contributed by atoms with Crippen molar-refractivity contribution in [2.24, 2.45) is 5.11 Å². The molecule has 94 valence electrons. The van der Waals surface area contributed by atoms with Crippen molar-refractivity contribution in [2.45, 2.75) is 0 Å². The topological polar surface area (TPSA) is 51.3 Å². The van der Waals surface area contributed by atoms with E-state index in [9.17, 15) is 5.21 Å². The summed E-state index contributed by atoms with van der Waals surface area (Å²) in [5.74, 6) is 0. The fourth-order valence-electron chi connectivity index (χ4n) is 1.63. The molecule has 3 rings (SSSR count). The molecule has 0 radical (unpaired) electrons. The third-order valence-electron chi connectivity index (χ3n) is 2.57. The fourth-order valence-corrected chi connectivity index (χ4v) is 2.47. The summed E-state index contributed by atoms with van der Waals surface area (Å²) in [6, 6.07) is 12.1. The van der Waals surface area contributed by atoms with E-state index in [1.54, 1.807) is 41.9 Å². The van der Waals surface area contributed by atoms with E-state index in [0.29, 0.717) is 21.3 Å². The zero-order valence-corrected chi connectivity index (χ0v) is 11.2. The molecule has 0 unspecified atom stereocenters. The molecule has 0 saturated carbocycles. The predicted octanol–water partition coefficient (Wildman–Crippen LogP) is 4.88. The minimum atomic E-state index is 0.478. The van der Waals surface area contributed by atoms with Gasteiger partial charge in [0, 0.05) is 22.3 Å². The lowest BCUT2D eigenvalue weighted by atomic mass is 10.3. The second-order valence-electron chi connectivity index (χ2n) is 3.85. The monoisotopic (exact) mass is 289 g/mol. The average Bonchev–Trinajstić information content (AvgIpc) is 2.88. The minimum absolute atomic E-state index is 0.478. The summed E-state index contributed by atoms with van der Waals surface area (Å²) >= 11 is 7.27. The van der Waals surface area contributed by atoms with Crippen LogP contribution in [0.3, 0.4) is 0 Å². The number of thiazole rings is 1. The van der Waals surface area contributed by atoms with E-state index in [1.165, 1.54) is 11.3 Å². The van der Waals surface area contributed by atoms with Crippen molar-refractivity contribution >= 4 is 44.5 Å². The zero-order chi connectivity index (χ0) is 13.2. The van der Waals surface area contributed by atoms with E-state index in [-0.39, 0.29) is 0 Å². The summed E-state index contributed by atoms with van der Waals surface area (Å²) in [5.41, 5.74) is 3.67. The van der Waals surface area contributed by atoms with Gasteiger partial charge in [-0.25, -0.2) is 4.98 Å². The molecule has 4 nitrogen and oxygen atoms in total. The average molecular weight is 290 g/mol. The molecule has 0 N–H and O–H groups in total. The van der Waals surface area contributed by atoms with Crippen LogP contribution in [0.2, 0.25) is 5.02 Å². The molecule has 0 aliphatic carbocycles. The van der Waals surface area contributed by atoms with Crippen molar-refractivity contribution in [3.05, 3.63) is 58.2 Å². The van der Waals surface area contributed by atoms with Crippen LogP contribution in [-0.2, 0) is 0 Å². The van der Waals surface area contributed by atoms with Crippen LogP contribution in [0, 0.1) is 5.21 Å². The van der Waals surface area contributed by atoms with Gasteiger partial charge < -0.3 is 5.21 Å². The van der Waals surface area contributed by atoms with Crippen LogP contribution >= 0.6 is 22.9 Å². The minimum Gasteiger partial charge on any atom is -0.594 e. The number of nitrogens with zero attached hydrogens (tertiary/aromatic N) is 3. The molecular formula is C13H8ClN3OS. The van der Waals surface area contributed by atoms with Crippen LogP contribution in [-0.4, -0.2) is 9.84 Å². The maximum Gasteiger partial charge on any atom is 0.246 e. The first kappa shape index (κ1) is 12.1. The van der Waals surface area contributed by atoms with Gasteiger partial charge in [0.2, 0.25) is 5.69 Å². The largest absolute Gasteiger partial charge is 0.594 e. The Labute approximate surface area is 118 Å². The summed E-state index contributed by atoms with van der Waals surface area (Å²) in [4.78, 5) is 4.77. The number of hydrogen-bond donors (Lipinski definition) is 0. The van der Waals surface area contributed by atoms with Crippen LogP contribution < -0.4 is 0 Å². The van der Waals surface area contributed by atoms with Crippen molar-refractivity contribution in [1.29, 1.82) is 0 Å². The van der Waals surface area contributed by atoms with E-state index in [1.807, 2.05) is 6.07 Å². The van der Waals surface area contributed by atoms with Gasteiger partial charge in [-0.1, -0.05) is 16.5 Å². The first-order chi connectivity index (χ1) is 9.22. The van der Waals surface area contributed by atoms with Gasteiger partial charge in [0.1, 0.15) is 5.69 Å². The van der Waals surface area contributed by atoms with E-state index in [4.69, 9.17) is 11.6 Å². The summed E-state index contributed by atoms with van der Waals surface area (Å²) < 4.78 is 0.963. The van der Waals surface area contributed by atoms with Crippen molar-refractivity contribution in [3.8, 4) is 0 Å². The Hall–Kier alpha value is -1.98. The van der Waals surface area contributed by atoms with Gasteiger partial charge in [-0.05, 0) is 30.3 Å². The lowest BCUT2D eigenvalue weighted by Gasteiger charge is -1.99. The zero-order valence-electron chi connectivity index (χ0n) is 9.65. The number of fused-ring (bicyclic) bond motifs is 1. The van der Waals surface area contributed by atoms with Crippen molar-refractivity contribution in [3.63, 3.8) is 0 Å². The van der Waals surface area contributed by atoms with Gasteiger partial charge in [0.05, 0.1) is 15.7 Å². The van der Waals surface area contributed by atoms with E-state index < -0.39 is 0 Å². The van der Waals surface area contributed by atoms with Crippen LogP contribution in [0.15, 0.2) is 53.1 Å². The normalized spacial score (nSPS) is 11.9. The number of benzene rings is 2. The molecule has 6 heteroatoms. The highest BCUT2D eigenvalue weighted by atomic mass is 35.5. The highest BCUT2D eigenvalue weighted by Crippen LogP contribution is 2.25. The molecule has 0 spiro atoms. The Bertz CT molecular complexity index is 752. The molecule has 1 aromatic heterocycles. The SMILES string of the molecule is [O-][N+](=Nc1ccc(Cl)cc1)c1ccc2ncsc2c1. The molecule has 2 aromatic carbocycles. The Morgan fingerprint density at radius 2 is 1.95 bits per heavy atom. The first-order valence-corrected chi connectivity index (χ1v) is 6.76. The molecule has 0 aliphatic heterocycles. The summed E-state index contributed by atoms with van der Waals surface area (Å²) in [6.07, 6.45) is 0. The molecule has 19 heavy (non-hydrogen) atoms. The molecule has 0 saturated heterocycles. The molecule has 0 aliphatic rings. The van der Waals surface area contributed by atoms with E-state index in [2.05, 4.69) is 10.1 Å². The molecule has 0 bridgehead atoms. The second-order valence-corrected chi connectivity index (χ2v) is 5.18. The van der Waals surface area contributed by atoms with Crippen molar-refractivity contribution in [1.82, 2.24) is 4.98 Å². The van der Waals surface area contributed by atoms with Gasteiger partial charge in [0.25, 0.3) is 0 Å². The highest BCUT2D eigenvalue weighted by Gasteiger charge is 2.07. The predicted molar refractivity (Wildman–Crippen MR) is 76.4 cm³/mol. The molecule has 3 aromatic rings. The van der Waals surface area contributed by atoms with E-state index >= 15 is 0 Å². The van der Waals surface area contributed by atoms with Gasteiger partial charge >= 0.3 is 0 Å². The van der Waals surface area contributed by atoms with Crippen molar-refractivity contribution in [2.75, 3.05) is 0 Å². The Kier molecular flexibility index (Phi) is 3.15. The van der Waals surface area contributed by atoms with Crippen LogP contribution in [0.5, 0.6) is 0 Å². The summed E-state index contributed by atoms with van der Waals surface area (Å²) in [6.45, 7) is 0. The van der Waals surface area contributed by atoms with E-state index in [0.717, 1.165) is 10.2 Å². The summed E-state index contributed by atoms with van der Waals surface area (Å²) in [7, 11) is 0. The molecule has 0 atom stereocenters. The molecule has 0 fully saturated rings. The fraction of sp³-hybridized carbons (Fsp3) is 0. The smallest absolute Gasteiger partial charge is 0.246 e. The molecule has 1 heterocycles. The maximum absolute atomic E-state index is 12.0. The number of aromatic nitrogens is 1. The Morgan fingerprint density at radius 3 is 2.74 bits per heavy atom. The Morgan fingerprint density at radius 1 is 1.16 bits per heavy atom. The number of halogens is 1. The van der Waals surface area contributed by atoms with Gasteiger partial charge in [-0.15, -0.1) is 11.3 Å². The number of azo groups is 1. The molecule has 0 amide bonds. The maximum atomic E-state index is 12.0. The Balaban J connectivity index is 1.97. The number of rotatable bonds is 2. The van der Waals surface area contributed by atoms with Gasteiger partial charge in [-0.3, -0.25) is 0 Å². The van der Waals surface area contributed by atoms with Gasteiger partial charge in [0.15, 0.2) is 0 Å². The second kappa shape index (κ2) is 4.95. The third-order valence-corrected chi connectivity index (χ3v) is 3.61. The van der Waals surface area contributed by atoms with Crippen LogP contribution in [0.25, 0.3) is 10.2 Å². The quantitative estimate of drug-likeness (QED) is 0.384. The standard InChI is InChI=1S/C13H8ClN3OS/c14-9-1-3-10(4-2-9)16-17(18)11-5-6-12-13(7-11)19-8-15-12/h1-8H. The summed E-state index contributed by atoms with van der Waals surface area (Å²) in [5, 5.41) is 16.5. The molecular weight excluding hydrogens is 282 g/mol. The van der Waals surface area contributed by atoms with Crippen LogP contribution in [0.1, 0.15) is 0 Å². The lowest BCUT2D eigenvalue weighted by Crippen LogP contribution is -1.89. The van der Waals surface area contributed by atoms with Gasteiger partial charge in [-0.2, -0.15) is 0 Å². The highest BCUT2D eigenvalue weighted by molar-refractivity contribution is 7.16. The first-order valence-electron chi connectivity index (χ1n) is 5.50. The third kappa shape index (κ3) is 2.57.